The predicted molar refractivity (Wildman–Crippen MR) is 237 cm³/mol. The molecule has 0 fully saturated rings. The second-order valence-corrected chi connectivity index (χ2v) is 14.8. The van der Waals surface area contributed by atoms with Gasteiger partial charge in [-0.1, -0.05) is 164 Å². The molecular weight excluding hydrogens is 685 g/mol. The molecule has 0 saturated heterocycles. The summed E-state index contributed by atoms with van der Waals surface area (Å²) < 4.78 is 2.54. The molecule has 1 heterocycles. The number of rotatable bonds is 8. The molecular formula is C52H36N2S. The van der Waals surface area contributed by atoms with Crippen molar-refractivity contribution in [3.05, 3.63) is 218 Å². The van der Waals surface area contributed by atoms with Crippen LogP contribution >= 0.6 is 11.3 Å². The van der Waals surface area contributed by atoms with Crippen LogP contribution in [0, 0.1) is 0 Å². The first-order valence-electron chi connectivity index (χ1n) is 18.7. The molecule has 0 bridgehead atoms. The van der Waals surface area contributed by atoms with Gasteiger partial charge in [-0.15, -0.1) is 11.3 Å². The summed E-state index contributed by atoms with van der Waals surface area (Å²) in [7, 11) is 0. The Bertz CT molecular complexity index is 2920. The summed E-state index contributed by atoms with van der Waals surface area (Å²) in [5.41, 5.74) is 11.4. The van der Waals surface area contributed by atoms with Gasteiger partial charge in [0.05, 0.1) is 16.1 Å². The number of fused-ring (bicyclic) bond motifs is 5. The Hall–Kier alpha value is -6.94. The molecule has 0 aliphatic carbocycles. The average molecular weight is 721 g/mol. The zero-order valence-electron chi connectivity index (χ0n) is 30.1. The Morgan fingerprint density at radius 1 is 0.291 bits per heavy atom. The lowest BCUT2D eigenvalue weighted by Crippen LogP contribution is -2.14. The van der Waals surface area contributed by atoms with E-state index in [-0.39, 0.29) is 0 Å². The topological polar surface area (TPSA) is 6.48 Å². The van der Waals surface area contributed by atoms with Crippen molar-refractivity contribution in [2.24, 2.45) is 0 Å². The highest BCUT2D eigenvalue weighted by Crippen LogP contribution is 2.51. The van der Waals surface area contributed by atoms with Crippen LogP contribution in [0.2, 0.25) is 0 Å². The fourth-order valence-corrected chi connectivity index (χ4v) is 9.18. The molecule has 10 aromatic rings. The van der Waals surface area contributed by atoms with Crippen molar-refractivity contribution in [2.75, 3.05) is 9.80 Å². The van der Waals surface area contributed by atoms with Crippen molar-refractivity contribution in [3.63, 3.8) is 0 Å². The molecule has 0 aliphatic rings. The molecule has 1 aromatic heterocycles. The second-order valence-electron chi connectivity index (χ2n) is 13.7. The van der Waals surface area contributed by atoms with Crippen LogP contribution in [-0.2, 0) is 0 Å². The zero-order valence-corrected chi connectivity index (χ0v) is 30.9. The third kappa shape index (κ3) is 6.01. The van der Waals surface area contributed by atoms with Gasteiger partial charge < -0.3 is 9.80 Å². The monoisotopic (exact) mass is 720 g/mol. The first-order chi connectivity index (χ1) is 27.3. The molecule has 3 heteroatoms. The van der Waals surface area contributed by atoms with Crippen LogP contribution in [0.4, 0.5) is 34.1 Å². The van der Waals surface area contributed by atoms with Crippen molar-refractivity contribution >= 4 is 76.4 Å². The van der Waals surface area contributed by atoms with Crippen molar-refractivity contribution < 1.29 is 0 Å². The fraction of sp³-hybridized carbons (Fsp3) is 0. The average Bonchev–Trinajstić information content (AvgIpc) is 3.65. The van der Waals surface area contributed by atoms with Gasteiger partial charge in [0.25, 0.3) is 0 Å². The van der Waals surface area contributed by atoms with E-state index in [2.05, 4.69) is 228 Å². The molecule has 0 spiro atoms. The van der Waals surface area contributed by atoms with E-state index in [1.165, 1.54) is 53.2 Å². The van der Waals surface area contributed by atoms with Gasteiger partial charge in [-0.2, -0.15) is 0 Å². The summed E-state index contributed by atoms with van der Waals surface area (Å²) in [6.45, 7) is 0. The van der Waals surface area contributed by atoms with Crippen LogP contribution in [0.3, 0.4) is 0 Å². The van der Waals surface area contributed by atoms with Crippen LogP contribution in [0.1, 0.15) is 0 Å². The second kappa shape index (κ2) is 14.1. The zero-order chi connectivity index (χ0) is 36.6. The molecule has 0 atom stereocenters. The highest BCUT2D eigenvalue weighted by Gasteiger charge is 2.24. The van der Waals surface area contributed by atoms with E-state index in [9.17, 15) is 0 Å². The lowest BCUT2D eigenvalue weighted by Gasteiger charge is -2.31. The predicted octanol–water partition coefficient (Wildman–Crippen LogP) is 15.5. The third-order valence-corrected chi connectivity index (χ3v) is 11.7. The summed E-state index contributed by atoms with van der Waals surface area (Å²) in [5.74, 6) is 0. The number of thiophene rings is 1. The van der Waals surface area contributed by atoms with Gasteiger partial charge in [-0.25, -0.2) is 0 Å². The minimum atomic E-state index is 1.09. The molecule has 2 nitrogen and oxygen atoms in total. The summed E-state index contributed by atoms with van der Waals surface area (Å²) in [6, 6.07) is 78.8. The lowest BCUT2D eigenvalue weighted by molar-refractivity contribution is 1.26. The number of hydrogen-bond acceptors (Lipinski definition) is 3. The molecule has 0 amide bonds. The van der Waals surface area contributed by atoms with E-state index >= 15 is 0 Å². The highest BCUT2D eigenvalue weighted by molar-refractivity contribution is 7.27. The van der Waals surface area contributed by atoms with Crippen molar-refractivity contribution in [3.8, 4) is 22.3 Å². The van der Waals surface area contributed by atoms with Crippen LogP contribution < -0.4 is 9.80 Å². The normalized spacial score (nSPS) is 11.3. The molecule has 10 rings (SSSR count). The number of anilines is 6. The van der Waals surface area contributed by atoms with Gasteiger partial charge in [0.1, 0.15) is 0 Å². The van der Waals surface area contributed by atoms with Gasteiger partial charge in [0.15, 0.2) is 0 Å². The molecule has 0 N–H and O–H groups in total. The number of nitrogens with zero attached hydrogens (tertiary/aromatic N) is 2. The van der Waals surface area contributed by atoms with Gasteiger partial charge in [0, 0.05) is 43.8 Å². The van der Waals surface area contributed by atoms with Crippen LogP contribution in [0.25, 0.3) is 53.2 Å². The van der Waals surface area contributed by atoms with Crippen molar-refractivity contribution in [2.45, 2.75) is 0 Å². The van der Waals surface area contributed by atoms with Gasteiger partial charge >= 0.3 is 0 Å². The molecule has 0 unspecified atom stereocenters. The fourth-order valence-electron chi connectivity index (χ4n) is 7.86. The van der Waals surface area contributed by atoms with Gasteiger partial charge in [0.2, 0.25) is 0 Å². The summed E-state index contributed by atoms with van der Waals surface area (Å²) in [6.07, 6.45) is 0. The minimum Gasteiger partial charge on any atom is -0.310 e. The Kier molecular flexibility index (Phi) is 8.40. The largest absolute Gasteiger partial charge is 0.310 e. The molecule has 55 heavy (non-hydrogen) atoms. The molecule has 0 saturated carbocycles. The van der Waals surface area contributed by atoms with E-state index in [1.54, 1.807) is 0 Å². The van der Waals surface area contributed by atoms with Crippen LogP contribution in [-0.4, -0.2) is 0 Å². The Morgan fingerprint density at radius 3 is 1.58 bits per heavy atom. The third-order valence-electron chi connectivity index (χ3n) is 10.4. The Labute approximate surface area is 325 Å². The summed E-state index contributed by atoms with van der Waals surface area (Å²) in [4.78, 5) is 4.88. The lowest BCUT2D eigenvalue weighted by atomic mass is 10.0. The molecule has 0 radical (unpaired) electrons. The standard InChI is InChI=1S/C52H36N2S/c1-5-18-37(19-6-1)40-23-17-28-43(34-40)53(41-24-9-3-10-25-41)50-36-44(35-48-47-33-32-39-22-13-14-30-46(39)51(47)55-52(48)50)54(42-26-11-4-12-27-42)49-31-16-15-29-45(49)38-20-7-2-8-21-38/h1-36H. The van der Waals surface area contributed by atoms with E-state index < -0.39 is 0 Å². The van der Waals surface area contributed by atoms with Crippen molar-refractivity contribution in [1.82, 2.24) is 0 Å². The highest BCUT2D eigenvalue weighted by atomic mass is 32.1. The minimum absolute atomic E-state index is 1.09. The van der Waals surface area contributed by atoms with E-state index in [0.29, 0.717) is 0 Å². The Morgan fingerprint density at radius 2 is 0.855 bits per heavy atom. The van der Waals surface area contributed by atoms with Gasteiger partial charge in [-0.05, 0) is 82.1 Å². The first-order valence-corrected chi connectivity index (χ1v) is 19.5. The maximum Gasteiger partial charge on any atom is 0.0661 e. The molecule has 260 valence electrons. The maximum absolute atomic E-state index is 2.45. The maximum atomic E-state index is 2.45. The number of para-hydroxylation sites is 3. The summed E-state index contributed by atoms with van der Waals surface area (Å²) >= 11 is 1.89. The number of hydrogen-bond donors (Lipinski definition) is 0. The Balaban J connectivity index is 1.30. The molecule has 0 aliphatic heterocycles. The smallest absolute Gasteiger partial charge is 0.0661 e. The van der Waals surface area contributed by atoms with Crippen LogP contribution in [0.5, 0.6) is 0 Å². The van der Waals surface area contributed by atoms with E-state index in [0.717, 1.165) is 34.1 Å². The van der Waals surface area contributed by atoms with Crippen molar-refractivity contribution in [1.29, 1.82) is 0 Å². The van der Waals surface area contributed by atoms with Gasteiger partial charge in [-0.3, -0.25) is 0 Å². The van der Waals surface area contributed by atoms with Crippen LogP contribution in [0.15, 0.2) is 218 Å². The van der Waals surface area contributed by atoms with E-state index in [4.69, 9.17) is 0 Å². The molecule has 9 aromatic carbocycles. The first kappa shape index (κ1) is 32.7. The summed E-state index contributed by atoms with van der Waals surface area (Å²) in [5, 5.41) is 5.02. The quantitative estimate of drug-likeness (QED) is 0.154. The van der Waals surface area contributed by atoms with E-state index in [1.807, 2.05) is 11.3 Å². The SMILES string of the molecule is c1ccc(-c2cccc(N(c3ccccc3)c3cc(N(c4ccccc4)c4ccccc4-c4ccccc4)cc4c3sc3c5ccccc5ccc43)c2)cc1. The number of benzene rings is 9.